The van der Waals surface area contributed by atoms with Gasteiger partial charge in [0.2, 0.25) is 0 Å². The third-order valence-electron chi connectivity index (χ3n) is 4.61. The number of imidazole rings is 1. The van der Waals surface area contributed by atoms with Crippen LogP contribution in [0.25, 0.3) is 16.9 Å². The number of benzene rings is 2. The van der Waals surface area contributed by atoms with Gasteiger partial charge in [-0.2, -0.15) is 0 Å². The Bertz CT molecular complexity index is 1260. The Morgan fingerprint density at radius 2 is 1.82 bits per heavy atom. The minimum atomic E-state index is -0.547. The van der Waals surface area contributed by atoms with E-state index in [-0.39, 0.29) is 12.2 Å². The molecule has 0 bridgehead atoms. The minimum Gasteiger partial charge on any atom is -0.325 e. The first-order valence-corrected chi connectivity index (χ1v) is 9.10. The van der Waals surface area contributed by atoms with Crippen LogP contribution in [0, 0.1) is 5.82 Å². The van der Waals surface area contributed by atoms with Gasteiger partial charge in [0.15, 0.2) is 11.2 Å². The Balaban J connectivity index is 2.05. The monoisotopic (exact) mass is 378 g/mol. The molecule has 0 fully saturated rings. The first-order chi connectivity index (χ1) is 13.6. The Hall–Kier alpha value is -3.48. The highest BCUT2D eigenvalue weighted by atomic mass is 19.1. The lowest BCUT2D eigenvalue weighted by molar-refractivity contribution is 0.624. The SMILES string of the molecule is CCCn1cnc2c1c(=O)n(Cc1ccccc1)c(=O)n2-c1cccc(F)c1. The molecular weight excluding hydrogens is 359 g/mol. The zero-order chi connectivity index (χ0) is 19.7. The van der Waals surface area contributed by atoms with Gasteiger partial charge in [-0.05, 0) is 30.2 Å². The van der Waals surface area contributed by atoms with E-state index in [0.717, 1.165) is 12.0 Å². The van der Waals surface area contributed by atoms with Crippen molar-refractivity contribution in [1.82, 2.24) is 18.7 Å². The van der Waals surface area contributed by atoms with Crippen LogP contribution in [-0.4, -0.2) is 18.7 Å². The maximum Gasteiger partial charge on any atom is 0.337 e. The van der Waals surface area contributed by atoms with Crippen molar-refractivity contribution in [3.63, 3.8) is 0 Å². The lowest BCUT2D eigenvalue weighted by atomic mass is 10.2. The smallest absolute Gasteiger partial charge is 0.325 e. The largest absolute Gasteiger partial charge is 0.337 e. The summed E-state index contributed by atoms with van der Waals surface area (Å²) in [6, 6.07) is 15.0. The molecule has 0 saturated heterocycles. The number of rotatable bonds is 5. The van der Waals surface area contributed by atoms with E-state index in [4.69, 9.17) is 0 Å². The summed E-state index contributed by atoms with van der Waals surface area (Å²) in [7, 11) is 0. The zero-order valence-electron chi connectivity index (χ0n) is 15.4. The Morgan fingerprint density at radius 1 is 1.04 bits per heavy atom. The molecule has 0 unspecified atom stereocenters. The number of hydrogen-bond acceptors (Lipinski definition) is 3. The van der Waals surface area contributed by atoms with Crippen molar-refractivity contribution in [2.75, 3.05) is 0 Å². The standard InChI is InChI=1S/C21H19FN4O2/c1-2-11-24-14-23-19-18(24)20(27)25(13-15-7-4-3-5-8-15)21(28)26(19)17-10-6-9-16(22)12-17/h3-10,12,14H,2,11,13H2,1H3. The molecule has 0 saturated carbocycles. The molecule has 2 aromatic carbocycles. The van der Waals surface area contributed by atoms with Crippen LogP contribution in [0.3, 0.4) is 0 Å². The summed E-state index contributed by atoms with van der Waals surface area (Å²) in [5.41, 5.74) is 0.781. The molecule has 0 atom stereocenters. The van der Waals surface area contributed by atoms with Crippen LogP contribution in [0.5, 0.6) is 0 Å². The maximum absolute atomic E-state index is 13.8. The fourth-order valence-corrected chi connectivity index (χ4v) is 3.34. The summed E-state index contributed by atoms with van der Waals surface area (Å²) in [5.74, 6) is -0.466. The molecule has 142 valence electrons. The van der Waals surface area contributed by atoms with Crippen molar-refractivity contribution in [2.45, 2.75) is 26.4 Å². The van der Waals surface area contributed by atoms with E-state index in [1.807, 2.05) is 37.3 Å². The molecule has 4 rings (SSSR count). The number of fused-ring (bicyclic) bond motifs is 1. The average molecular weight is 378 g/mol. The first-order valence-electron chi connectivity index (χ1n) is 9.10. The van der Waals surface area contributed by atoms with Crippen LogP contribution in [0.2, 0.25) is 0 Å². The number of aromatic nitrogens is 4. The normalized spacial score (nSPS) is 11.2. The van der Waals surface area contributed by atoms with Gasteiger partial charge in [-0.15, -0.1) is 0 Å². The van der Waals surface area contributed by atoms with Gasteiger partial charge in [-0.25, -0.2) is 18.7 Å². The van der Waals surface area contributed by atoms with Crippen molar-refractivity contribution in [2.24, 2.45) is 0 Å². The maximum atomic E-state index is 13.8. The second kappa shape index (κ2) is 7.26. The molecule has 0 aliphatic rings. The van der Waals surface area contributed by atoms with Crippen LogP contribution >= 0.6 is 0 Å². The number of nitrogens with zero attached hydrogens (tertiary/aromatic N) is 4. The molecule has 0 N–H and O–H groups in total. The van der Waals surface area contributed by atoms with E-state index in [1.165, 1.54) is 27.3 Å². The van der Waals surface area contributed by atoms with E-state index < -0.39 is 17.1 Å². The predicted molar refractivity (Wildman–Crippen MR) is 105 cm³/mol. The summed E-state index contributed by atoms with van der Waals surface area (Å²) in [6.45, 7) is 2.72. The highest BCUT2D eigenvalue weighted by Gasteiger charge is 2.19. The van der Waals surface area contributed by atoms with Crippen molar-refractivity contribution < 1.29 is 4.39 Å². The van der Waals surface area contributed by atoms with Gasteiger partial charge in [-0.1, -0.05) is 43.3 Å². The highest BCUT2D eigenvalue weighted by molar-refractivity contribution is 5.72. The predicted octanol–water partition coefficient (Wildman–Crippen LogP) is 2.95. The first kappa shape index (κ1) is 17.9. The van der Waals surface area contributed by atoms with Crippen LogP contribution in [0.15, 0.2) is 70.5 Å². The number of aryl methyl sites for hydroxylation is 1. The van der Waals surface area contributed by atoms with E-state index in [1.54, 1.807) is 17.0 Å². The summed E-state index contributed by atoms with van der Waals surface area (Å²) in [4.78, 5) is 30.7. The highest BCUT2D eigenvalue weighted by Crippen LogP contribution is 2.15. The Kier molecular flexibility index (Phi) is 4.65. The minimum absolute atomic E-state index is 0.126. The van der Waals surface area contributed by atoms with Crippen LogP contribution in [0.1, 0.15) is 18.9 Å². The van der Waals surface area contributed by atoms with Gasteiger partial charge < -0.3 is 4.57 Å². The molecule has 0 radical (unpaired) electrons. The molecule has 28 heavy (non-hydrogen) atoms. The van der Waals surface area contributed by atoms with E-state index in [2.05, 4.69) is 4.98 Å². The van der Waals surface area contributed by atoms with Crippen LogP contribution in [-0.2, 0) is 13.1 Å². The average Bonchev–Trinajstić information content (AvgIpc) is 3.10. The van der Waals surface area contributed by atoms with E-state index >= 15 is 0 Å². The fourth-order valence-electron chi connectivity index (χ4n) is 3.34. The van der Waals surface area contributed by atoms with Gasteiger partial charge in [0, 0.05) is 6.54 Å². The zero-order valence-corrected chi connectivity index (χ0v) is 15.4. The number of halogens is 1. The molecule has 0 spiro atoms. The van der Waals surface area contributed by atoms with Gasteiger partial charge in [0.1, 0.15) is 5.82 Å². The third kappa shape index (κ3) is 3.05. The molecule has 0 aliphatic heterocycles. The van der Waals surface area contributed by atoms with Crippen molar-refractivity contribution in [1.29, 1.82) is 0 Å². The third-order valence-corrected chi connectivity index (χ3v) is 4.61. The van der Waals surface area contributed by atoms with Crippen LogP contribution < -0.4 is 11.2 Å². The van der Waals surface area contributed by atoms with Crippen molar-refractivity contribution >= 4 is 11.2 Å². The van der Waals surface area contributed by atoms with E-state index in [9.17, 15) is 14.0 Å². The molecule has 7 heteroatoms. The summed E-state index contributed by atoms with van der Waals surface area (Å²) in [6.07, 6.45) is 2.36. The Labute approximate surface area is 160 Å². The van der Waals surface area contributed by atoms with Crippen molar-refractivity contribution in [3.05, 3.63) is 93.1 Å². The second-order valence-electron chi connectivity index (χ2n) is 6.58. The van der Waals surface area contributed by atoms with Gasteiger partial charge in [0.05, 0.1) is 18.6 Å². The van der Waals surface area contributed by atoms with Crippen molar-refractivity contribution in [3.8, 4) is 5.69 Å². The lowest BCUT2D eigenvalue weighted by Crippen LogP contribution is -2.40. The topological polar surface area (TPSA) is 61.8 Å². The van der Waals surface area contributed by atoms with E-state index in [0.29, 0.717) is 17.7 Å². The quantitative estimate of drug-likeness (QED) is 0.536. The molecule has 2 heterocycles. The molecule has 6 nitrogen and oxygen atoms in total. The fraction of sp³-hybridized carbons (Fsp3) is 0.190. The number of hydrogen-bond donors (Lipinski definition) is 0. The van der Waals surface area contributed by atoms with Gasteiger partial charge in [0.25, 0.3) is 5.56 Å². The molecule has 2 aromatic heterocycles. The molecule has 4 aromatic rings. The second-order valence-corrected chi connectivity index (χ2v) is 6.58. The summed E-state index contributed by atoms with van der Waals surface area (Å²) < 4.78 is 18.0. The molecule has 0 amide bonds. The summed E-state index contributed by atoms with van der Waals surface area (Å²) >= 11 is 0. The summed E-state index contributed by atoms with van der Waals surface area (Å²) in [5, 5.41) is 0. The Morgan fingerprint density at radius 3 is 2.54 bits per heavy atom. The van der Waals surface area contributed by atoms with Crippen LogP contribution in [0.4, 0.5) is 4.39 Å². The van der Waals surface area contributed by atoms with Gasteiger partial charge in [-0.3, -0.25) is 9.36 Å². The molecular formula is C21H19FN4O2. The molecule has 0 aliphatic carbocycles. The van der Waals surface area contributed by atoms with Gasteiger partial charge >= 0.3 is 5.69 Å². The lowest BCUT2D eigenvalue weighted by Gasteiger charge is -2.13.